The molecule has 0 aliphatic heterocycles. The molecule has 1 amide bonds. The fourth-order valence-electron chi connectivity index (χ4n) is 1.85. The number of halogens is 1. The lowest BCUT2D eigenvalue weighted by molar-refractivity contribution is -0.118. The molecule has 2 rings (SSSR count). The lowest BCUT2D eigenvalue weighted by Crippen LogP contribution is -2.21. The van der Waals surface area contributed by atoms with Gasteiger partial charge in [-0.15, -0.1) is 0 Å². The number of benzene rings is 2. The summed E-state index contributed by atoms with van der Waals surface area (Å²) < 4.78 is 5.41. The van der Waals surface area contributed by atoms with Crippen LogP contribution in [0.2, 0.25) is 5.02 Å². The van der Waals surface area contributed by atoms with Crippen molar-refractivity contribution in [2.75, 3.05) is 11.9 Å². The van der Waals surface area contributed by atoms with Gasteiger partial charge in [0.25, 0.3) is 5.91 Å². The Morgan fingerprint density at radius 3 is 2.64 bits per heavy atom. The summed E-state index contributed by atoms with van der Waals surface area (Å²) in [5.74, 6) is -1.01. The zero-order valence-corrected chi connectivity index (χ0v) is 12.6. The summed E-state index contributed by atoms with van der Waals surface area (Å²) in [6.07, 6.45) is 0. The number of amides is 1. The van der Waals surface area contributed by atoms with Crippen LogP contribution in [0, 0.1) is 6.92 Å². The molecule has 6 heteroatoms. The van der Waals surface area contributed by atoms with Crippen molar-refractivity contribution in [3.63, 3.8) is 0 Å². The lowest BCUT2D eigenvalue weighted by atomic mass is 10.2. The summed E-state index contributed by atoms with van der Waals surface area (Å²) in [5.41, 5.74) is 1.01. The quantitative estimate of drug-likeness (QED) is 0.886. The minimum atomic E-state index is -1.15. The van der Waals surface area contributed by atoms with Gasteiger partial charge in [-0.25, -0.2) is 4.79 Å². The standard InChI is InChI=1S/C16H14ClNO4/c1-10-4-2-3-5-14(10)22-9-15(19)18-13-8-11(17)6-7-12(13)16(20)21/h2-8H,9H2,1H3,(H,18,19)(H,20,21). The normalized spacial score (nSPS) is 10.1. The average molecular weight is 320 g/mol. The van der Waals surface area contributed by atoms with E-state index >= 15 is 0 Å². The number of carboxylic acids is 1. The maximum atomic E-state index is 11.9. The van der Waals surface area contributed by atoms with E-state index in [1.807, 2.05) is 19.1 Å². The van der Waals surface area contributed by atoms with E-state index in [0.29, 0.717) is 10.8 Å². The van der Waals surface area contributed by atoms with Gasteiger partial charge < -0.3 is 15.2 Å². The molecular weight excluding hydrogens is 306 g/mol. The molecule has 0 spiro atoms. The van der Waals surface area contributed by atoms with Crippen molar-refractivity contribution in [1.29, 1.82) is 0 Å². The minimum Gasteiger partial charge on any atom is -0.483 e. The molecule has 0 bridgehead atoms. The van der Waals surface area contributed by atoms with Crippen LogP contribution in [0.4, 0.5) is 5.69 Å². The van der Waals surface area contributed by atoms with Crippen molar-refractivity contribution >= 4 is 29.2 Å². The Hall–Kier alpha value is -2.53. The number of nitrogens with one attached hydrogen (secondary N) is 1. The number of carbonyl (C=O) groups excluding carboxylic acids is 1. The average Bonchev–Trinajstić information content (AvgIpc) is 2.46. The summed E-state index contributed by atoms with van der Waals surface area (Å²) in [6, 6.07) is 11.5. The fraction of sp³-hybridized carbons (Fsp3) is 0.125. The van der Waals surface area contributed by atoms with Crippen molar-refractivity contribution < 1.29 is 19.4 Å². The Kier molecular flexibility index (Phi) is 5.01. The van der Waals surface area contributed by atoms with Crippen LogP contribution in [0.1, 0.15) is 15.9 Å². The van der Waals surface area contributed by atoms with E-state index in [-0.39, 0.29) is 17.9 Å². The van der Waals surface area contributed by atoms with Crippen LogP contribution in [-0.4, -0.2) is 23.6 Å². The van der Waals surface area contributed by atoms with E-state index in [0.717, 1.165) is 5.56 Å². The van der Waals surface area contributed by atoms with Crippen LogP contribution >= 0.6 is 11.6 Å². The molecule has 2 N–H and O–H groups in total. The zero-order chi connectivity index (χ0) is 16.1. The fourth-order valence-corrected chi connectivity index (χ4v) is 2.03. The van der Waals surface area contributed by atoms with E-state index in [1.165, 1.54) is 18.2 Å². The number of hydrogen-bond acceptors (Lipinski definition) is 3. The SMILES string of the molecule is Cc1ccccc1OCC(=O)Nc1cc(Cl)ccc1C(=O)O. The van der Waals surface area contributed by atoms with Gasteiger partial charge in [0, 0.05) is 5.02 Å². The number of anilines is 1. The first kappa shape index (κ1) is 15.9. The monoisotopic (exact) mass is 319 g/mol. The Balaban J connectivity index is 2.05. The van der Waals surface area contributed by atoms with Gasteiger partial charge in [0.15, 0.2) is 6.61 Å². The third kappa shape index (κ3) is 3.99. The number of ether oxygens (including phenoxy) is 1. The summed E-state index contributed by atoms with van der Waals surface area (Å²) >= 11 is 5.82. The lowest BCUT2D eigenvalue weighted by Gasteiger charge is -2.11. The summed E-state index contributed by atoms with van der Waals surface area (Å²) in [4.78, 5) is 23.0. The first-order valence-electron chi connectivity index (χ1n) is 6.48. The van der Waals surface area contributed by atoms with E-state index in [9.17, 15) is 9.59 Å². The second kappa shape index (κ2) is 6.95. The molecule has 0 unspecified atom stereocenters. The van der Waals surface area contributed by atoms with Crippen LogP contribution < -0.4 is 10.1 Å². The first-order valence-corrected chi connectivity index (χ1v) is 6.86. The molecule has 0 atom stereocenters. The highest BCUT2D eigenvalue weighted by molar-refractivity contribution is 6.31. The maximum absolute atomic E-state index is 11.9. The molecule has 2 aromatic rings. The number of rotatable bonds is 5. The molecule has 22 heavy (non-hydrogen) atoms. The van der Waals surface area contributed by atoms with Crippen LogP contribution in [-0.2, 0) is 4.79 Å². The predicted octanol–water partition coefficient (Wildman–Crippen LogP) is 3.36. The predicted molar refractivity (Wildman–Crippen MR) is 83.7 cm³/mol. The second-order valence-electron chi connectivity index (χ2n) is 4.60. The van der Waals surface area contributed by atoms with Gasteiger partial charge in [-0.1, -0.05) is 29.8 Å². The Bertz CT molecular complexity index is 715. The third-order valence-corrected chi connectivity index (χ3v) is 3.17. The number of carboxylic acid groups (broad SMARTS) is 1. The highest BCUT2D eigenvalue weighted by Gasteiger charge is 2.13. The number of aryl methyl sites for hydroxylation is 1. The van der Waals surface area contributed by atoms with Crippen LogP contribution in [0.25, 0.3) is 0 Å². The number of hydrogen-bond donors (Lipinski definition) is 2. The number of para-hydroxylation sites is 1. The molecule has 0 aromatic heterocycles. The zero-order valence-electron chi connectivity index (χ0n) is 11.8. The largest absolute Gasteiger partial charge is 0.483 e. The molecule has 0 saturated heterocycles. The molecule has 0 fully saturated rings. The van der Waals surface area contributed by atoms with E-state index in [4.69, 9.17) is 21.4 Å². The summed E-state index contributed by atoms with van der Waals surface area (Å²) in [6.45, 7) is 1.64. The van der Waals surface area contributed by atoms with Crippen LogP contribution in [0.15, 0.2) is 42.5 Å². The van der Waals surface area contributed by atoms with Gasteiger partial charge in [0.2, 0.25) is 0 Å². The van der Waals surface area contributed by atoms with Gasteiger partial charge in [0.1, 0.15) is 5.75 Å². The molecule has 0 saturated carbocycles. The van der Waals surface area contributed by atoms with Crippen LogP contribution in [0.5, 0.6) is 5.75 Å². The molecule has 0 aliphatic rings. The van der Waals surface area contributed by atoms with Gasteiger partial charge in [-0.05, 0) is 36.8 Å². The van der Waals surface area contributed by atoms with E-state index in [2.05, 4.69) is 5.32 Å². The number of carbonyl (C=O) groups is 2. The summed E-state index contributed by atoms with van der Waals surface area (Å²) in [5, 5.41) is 11.9. The molecular formula is C16H14ClNO4. The number of aromatic carboxylic acids is 1. The van der Waals surface area contributed by atoms with E-state index < -0.39 is 11.9 Å². The topological polar surface area (TPSA) is 75.6 Å². The van der Waals surface area contributed by atoms with E-state index in [1.54, 1.807) is 12.1 Å². The maximum Gasteiger partial charge on any atom is 0.337 e. The van der Waals surface area contributed by atoms with Gasteiger partial charge >= 0.3 is 5.97 Å². The molecule has 5 nitrogen and oxygen atoms in total. The van der Waals surface area contributed by atoms with Crippen molar-refractivity contribution in [2.24, 2.45) is 0 Å². The Labute approximate surface area is 132 Å². The molecule has 0 aliphatic carbocycles. The molecule has 2 aromatic carbocycles. The minimum absolute atomic E-state index is 0.0337. The Morgan fingerprint density at radius 2 is 1.95 bits per heavy atom. The van der Waals surface area contributed by atoms with Crippen molar-refractivity contribution in [1.82, 2.24) is 0 Å². The van der Waals surface area contributed by atoms with Crippen molar-refractivity contribution in [3.05, 3.63) is 58.6 Å². The summed E-state index contributed by atoms with van der Waals surface area (Å²) in [7, 11) is 0. The first-order chi connectivity index (χ1) is 10.5. The van der Waals surface area contributed by atoms with Crippen molar-refractivity contribution in [2.45, 2.75) is 6.92 Å². The molecule has 0 heterocycles. The van der Waals surface area contributed by atoms with Crippen molar-refractivity contribution in [3.8, 4) is 5.75 Å². The highest BCUT2D eigenvalue weighted by atomic mass is 35.5. The van der Waals surface area contributed by atoms with Gasteiger partial charge in [0.05, 0.1) is 11.3 Å². The Morgan fingerprint density at radius 1 is 1.23 bits per heavy atom. The third-order valence-electron chi connectivity index (χ3n) is 2.94. The smallest absolute Gasteiger partial charge is 0.337 e. The van der Waals surface area contributed by atoms with Gasteiger partial charge in [-0.2, -0.15) is 0 Å². The highest BCUT2D eigenvalue weighted by Crippen LogP contribution is 2.21. The molecule has 0 radical (unpaired) electrons. The molecule has 114 valence electrons. The van der Waals surface area contributed by atoms with Gasteiger partial charge in [-0.3, -0.25) is 4.79 Å². The second-order valence-corrected chi connectivity index (χ2v) is 5.03. The van der Waals surface area contributed by atoms with Crippen LogP contribution in [0.3, 0.4) is 0 Å².